The molecule has 2 amide bonds. The average Bonchev–Trinajstić information content (AvgIpc) is 2.96. The van der Waals surface area contributed by atoms with Crippen LogP contribution in [0.3, 0.4) is 0 Å². The Bertz CT molecular complexity index is 731. The third-order valence-corrected chi connectivity index (χ3v) is 7.89. The fraction of sp³-hybridized carbons (Fsp3) is 0.652. The highest BCUT2D eigenvalue weighted by Gasteiger charge is 2.52. The zero-order valence-electron chi connectivity index (χ0n) is 16.5. The van der Waals surface area contributed by atoms with Crippen molar-refractivity contribution in [2.45, 2.75) is 72.3 Å². The van der Waals surface area contributed by atoms with Gasteiger partial charge in [-0.15, -0.1) is 0 Å². The Morgan fingerprint density at radius 1 is 1.04 bits per heavy atom. The third kappa shape index (κ3) is 2.46. The lowest BCUT2D eigenvalue weighted by atomic mass is 9.52. The molecule has 0 heterocycles. The van der Waals surface area contributed by atoms with Crippen LogP contribution in [0.15, 0.2) is 35.5 Å². The Hall–Kier alpha value is -1.64. The van der Waals surface area contributed by atoms with Crippen LogP contribution >= 0.6 is 0 Å². The summed E-state index contributed by atoms with van der Waals surface area (Å²) in [6.07, 6.45) is 16.6. The van der Waals surface area contributed by atoms with E-state index < -0.39 is 0 Å². The second-order valence-corrected chi connectivity index (χ2v) is 9.37. The van der Waals surface area contributed by atoms with Crippen LogP contribution in [0.1, 0.15) is 66.2 Å². The van der Waals surface area contributed by atoms with E-state index in [9.17, 15) is 9.59 Å². The highest BCUT2D eigenvalue weighted by atomic mass is 16.2. The zero-order chi connectivity index (χ0) is 18.7. The highest BCUT2D eigenvalue weighted by Crippen LogP contribution is 2.62. The largest absolute Gasteiger partial charge is 0.276 e. The molecule has 0 radical (unpaired) electrons. The number of rotatable bonds is 1. The topological polar surface area (TPSA) is 37.4 Å². The molecule has 4 rings (SSSR count). The molecule has 4 aliphatic rings. The second-order valence-electron chi connectivity index (χ2n) is 9.37. The van der Waals surface area contributed by atoms with Crippen LogP contribution in [0.2, 0.25) is 0 Å². The van der Waals surface area contributed by atoms with Gasteiger partial charge in [-0.2, -0.15) is 0 Å². The molecular weight excluding hydrogens is 322 g/mol. The molecule has 26 heavy (non-hydrogen) atoms. The van der Waals surface area contributed by atoms with Crippen LogP contribution in [-0.4, -0.2) is 22.8 Å². The predicted octanol–water partition coefficient (Wildman–Crippen LogP) is 4.80. The Kier molecular flexibility index (Phi) is 4.05. The molecule has 3 heteroatoms. The van der Waals surface area contributed by atoms with Gasteiger partial charge in [0.05, 0.1) is 6.04 Å². The second kappa shape index (κ2) is 5.94. The Labute approximate surface area is 157 Å². The Balaban J connectivity index is 1.69. The van der Waals surface area contributed by atoms with Gasteiger partial charge >= 0.3 is 0 Å². The smallest absolute Gasteiger partial charge is 0.226 e. The number of fused-ring (bicyclic) bond motifs is 5. The van der Waals surface area contributed by atoms with Crippen molar-refractivity contribution in [3.05, 3.63) is 35.5 Å². The minimum atomic E-state index is -0.164. The lowest BCUT2D eigenvalue weighted by Crippen LogP contribution is -2.47. The van der Waals surface area contributed by atoms with E-state index in [-0.39, 0.29) is 23.3 Å². The average molecular weight is 354 g/mol. The standard InChI is InChI=1S/C23H31NO2/c1-15(25)24(16(2)26)18-9-13-23(4)17(14-18)7-8-19-20-6-5-11-22(20,3)12-10-21(19)23/h7-9,13,18,20-21H,5-6,10-12,14H2,1-4H3/t18?,20-,21-,22-,23-/m0/s1. The number of allylic oxidation sites excluding steroid dienone is 4. The van der Waals surface area contributed by atoms with E-state index in [0.717, 1.165) is 12.3 Å². The fourth-order valence-electron chi connectivity index (χ4n) is 6.44. The third-order valence-electron chi connectivity index (χ3n) is 7.89. The summed E-state index contributed by atoms with van der Waals surface area (Å²) in [7, 11) is 0. The summed E-state index contributed by atoms with van der Waals surface area (Å²) in [6, 6.07) is -0.139. The summed E-state index contributed by atoms with van der Waals surface area (Å²) in [5, 5.41) is 0. The van der Waals surface area contributed by atoms with E-state index in [1.807, 2.05) is 0 Å². The number of hydrogen-bond acceptors (Lipinski definition) is 2. The van der Waals surface area contributed by atoms with Gasteiger partial charge in [-0.25, -0.2) is 0 Å². The molecule has 0 N–H and O–H groups in total. The molecule has 3 nitrogen and oxygen atoms in total. The normalized spacial score (nSPS) is 40.7. The molecule has 0 aromatic rings. The minimum absolute atomic E-state index is 0.0454. The molecule has 2 fully saturated rings. The molecule has 0 aromatic heterocycles. The van der Waals surface area contributed by atoms with Gasteiger partial charge in [0, 0.05) is 19.3 Å². The quantitative estimate of drug-likeness (QED) is 0.635. The van der Waals surface area contributed by atoms with Crippen molar-refractivity contribution in [3.63, 3.8) is 0 Å². The molecule has 0 bridgehead atoms. The van der Waals surface area contributed by atoms with E-state index in [4.69, 9.17) is 0 Å². The maximum Gasteiger partial charge on any atom is 0.226 e. The number of imide groups is 1. The summed E-state index contributed by atoms with van der Waals surface area (Å²) >= 11 is 0. The first-order valence-electron chi connectivity index (χ1n) is 10.2. The summed E-state index contributed by atoms with van der Waals surface area (Å²) in [5.74, 6) is 0.998. The SMILES string of the molecule is CC(=O)N(C(C)=O)C1C=C[C@@]2(C)C(=CC=C3[C@@H]4CCC[C@@]4(C)CC[C@@H]32)C1. The van der Waals surface area contributed by atoms with Gasteiger partial charge in [-0.3, -0.25) is 14.5 Å². The van der Waals surface area contributed by atoms with E-state index in [1.165, 1.54) is 56.4 Å². The van der Waals surface area contributed by atoms with Crippen LogP contribution in [0.25, 0.3) is 0 Å². The molecule has 2 saturated carbocycles. The van der Waals surface area contributed by atoms with Crippen LogP contribution in [0.4, 0.5) is 0 Å². The van der Waals surface area contributed by atoms with Crippen LogP contribution < -0.4 is 0 Å². The van der Waals surface area contributed by atoms with Gasteiger partial charge in [0.2, 0.25) is 11.8 Å². The molecule has 1 unspecified atom stereocenters. The first kappa shape index (κ1) is 17.8. The van der Waals surface area contributed by atoms with Crippen molar-refractivity contribution in [1.82, 2.24) is 4.90 Å². The van der Waals surface area contributed by atoms with Crippen molar-refractivity contribution in [1.29, 1.82) is 0 Å². The maximum atomic E-state index is 12.0. The van der Waals surface area contributed by atoms with E-state index in [0.29, 0.717) is 11.3 Å². The fourth-order valence-corrected chi connectivity index (χ4v) is 6.44. The van der Waals surface area contributed by atoms with Crippen molar-refractivity contribution in [3.8, 4) is 0 Å². The van der Waals surface area contributed by atoms with Gasteiger partial charge in [0.15, 0.2) is 0 Å². The van der Waals surface area contributed by atoms with Crippen LogP contribution in [-0.2, 0) is 9.59 Å². The highest BCUT2D eigenvalue weighted by molar-refractivity contribution is 5.93. The van der Waals surface area contributed by atoms with Gasteiger partial charge < -0.3 is 0 Å². The van der Waals surface area contributed by atoms with Gasteiger partial charge in [0.25, 0.3) is 0 Å². The number of carbonyl (C=O) groups excluding carboxylic acids is 2. The number of hydrogen-bond donors (Lipinski definition) is 0. The van der Waals surface area contributed by atoms with Crippen molar-refractivity contribution in [2.24, 2.45) is 22.7 Å². The molecule has 0 aliphatic heterocycles. The monoisotopic (exact) mass is 353 g/mol. The predicted molar refractivity (Wildman–Crippen MR) is 103 cm³/mol. The first-order chi connectivity index (χ1) is 12.3. The Morgan fingerprint density at radius 3 is 2.46 bits per heavy atom. The maximum absolute atomic E-state index is 12.0. The lowest BCUT2D eigenvalue weighted by Gasteiger charge is -2.52. The van der Waals surface area contributed by atoms with Crippen molar-refractivity contribution in [2.75, 3.05) is 0 Å². The molecule has 0 saturated heterocycles. The van der Waals surface area contributed by atoms with Crippen LogP contribution in [0.5, 0.6) is 0 Å². The molecule has 0 aromatic carbocycles. The van der Waals surface area contributed by atoms with Crippen molar-refractivity contribution >= 4 is 11.8 Å². The van der Waals surface area contributed by atoms with Crippen molar-refractivity contribution < 1.29 is 9.59 Å². The van der Waals surface area contributed by atoms with Gasteiger partial charge in [-0.1, -0.05) is 55.7 Å². The molecule has 140 valence electrons. The number of amides is 2. The summed E-state index contributed by atoms with van der Waals surface area (Å²) in [5.41, 5.74) is 3.60. The Morgan fingerprint density at radius 2 is 1.77 bits per heavy atom. The molecule has 0 spiro atoms. The summed E-state index contributed by atoms with van der Waals surface area (Å²) in [4.78, 5) is 25.3. The van der Waals surface area contributed by atoms with Crippen LogP contribution in [0, 0.1) is 22.7 Å². The molecule has 4 aliphatic carbocycles. The number of nitrogens with zero attached hydrogens (tertiary/aromatic N) is 1. The zero-order valence-corrected chi connectivity index (χ0v) is 16.5. The molecular formula is C23H31NO2. The minimum Gasteiger partial charge on any atom is -0.276 e. The van der Waals surface area contributed by atoms with Gasteiger partial charge in [0.1, 0.15) is 0 Å². The molecule has 5 atom stereocenters. The summed E-state index contributed by atoms with van der Waals surface area (Å²) in [6.45, 7) is 7.83. The van der Waals surface area contributed by atoms with E-state index >= 15 is 0 Å². The summed E-state index contributed by atoms with van der Waals surface area (Å²) < 4.78 is 0. The lowest BCUT2D eigenvalue weighted by molar-refractivity contribution is -0.143. The van der Waals surface area contributed by atoms with Gasteiger partial charge in [-0.05, 0) is 49.4 Å². The first-order valence-corrected chi connectivity index (χ1v) is 10.2. The van der Waals surface area contributed by atoms with E-state index in [1.54, 1.807) is 5.57 Å². The van der Waals surface area contributed by atoms with E-state index in [2.05, 4.69) is 38.2 Å². The number of carbonyl (C=O) groups is 2.